The Kier molecular flexibility index (Phi) is 5.79. The molecule has 3 aromatic carbocycles. The molecule has 1 saturated heterocycles. The molecular formula is C27H24ClFN5O2P. The van der Waals surface area contributed by atoms with Crippen LogP contribution in [-0.2, 0) is 4.57 Å². The second kappa shape index (κ2) is 8.91. The van der Waals surface area contributed by atoms with Crippen molar-refractivity contribution in [1.29, 1.82) is 0 Å². The van der Waals surface area contributed by atoms with Gasteiger partial charge in [0, 0.05) is 48.7 Å². The molecule has 7 nitrogen and oxygen atoms in total. The number of fused-ring (bicyclic) bond motifs is 2. The first kappa shape index (κ1) is 24.0. The van der Waals surface area contributed by atoms with E-state index in [0.29, 0.717) is 36.0 Å². The van der Waals surface area contributed by atoms with E-state index in [4.69, 9.17) is 16.6 Å². The van der Waals surface area contributed by atoms with Crippen LogP contribution in [0.4, 0.5) is 10.3 Å². The van der Waals surface area contributed by atoms with Crippen LogP contribution in [0.5, 0.6) is 5.75 Å². The van der Waals surface area contributed by atoms with Crippen molar-refractivity contribution in [3.8, 4) is 16.9 Å². The highest BCUT2D eigenvalue weighted by Crippen LogP contribution is 2.49. The van der Waals surface area contributed by atoms with E-state index in [9.17, 15) is 9.67 Å². The summed E-state index contributed by atoms with van der Waals surface area (Å²) in [5, 5.41) is 12.3. The summed E-state index contributed by atoms with van der Waals surface area (Å²) in [7, 11) is 0.857. The van der Waals surface area contributed by atoms with Gasteiger partial charge in [0.1, 0.15) is 16.7 Å². The highest BCUT2D eigenvalue weighted by Gasteiger charge is 2.34. The molecule has 2 aliphatic heterocycles. The van der Waals surface area contributed by atoms with Gasteiger partial charge in [0.05, 0.1) is 5.02 Å². The van der Waals surface area contributed by atoms with Crippen LogP contribution in [0.25, 0.3) is 32.8 Å². The number of nitrogens with zero attached hydrogens (tertiary/aromatic N) is 5. The highest BCUT2D eigenvalue weighted by molar-refractivity contribution is 7.75. The zero-order valence-corrected chi connectivity index (χ0v) is 21.9. The third-order valence-electron chi connectivity index (χ3n) is 7.05. The summed E-state index contributed by atoms with van der Waals surface area (Å²) in [5.41, 5.74) is 0.905. The van der Waals surface area contributed by atoms with Crippen LogP contribution in [0.1, 0.15) is 0 Å². The lowest BCUT2D eigenvalue weighted by Crippen LogP contribution is -2.58. The first-order valence-corrected chi connectivity index (χ1v) is 14.2. The topological polar surface area (TPSA) is 81.9 Å². The minimum atomic E-state index is -3.16. The molecule has 0 aliphatic carbocycles. The van der Waals surface area contributed by atoms with Gasteiger partial charge in [-0.1, -0.05) is 35.9 Å². The second-order valence-electron chi connectivity index (χ2n) is 9.64. The smallest absolute Gasteiger partial charge is 0.226 e. The monoisotopic (exact) mass is 535 g/mol. The lowest BCUT2D eigenvalue weighted by Gasteiger charge is -2.42. The fraction of sp³-hybridized carbons (Fsp3) is 0.222. The molecule has 1 N–H and O–H groups in total. The molecule has 0 saturated carbocycles. The number of hydrogen-bond donors (Lipinski definition) is 1. The predicted molar refractivity (Wildman–Crippen MR) is 149 cm³/mol. The van der Waals surface area contributed by atoms with Gasteiger partial charge in [-0.25, -0.2) is 14.4 Å². The van der Waals surface area contributed by atoms with Crippen molar-refractivity contribution in [3.05, 3.63) is 65.3 Å². The number of anilines is 1. The van der Waals surface area contributed by atoms with Crippen LogP contribution in [0, 0.1) is 5.82 Å². The number of rotatable bonds is 4. The fourth-order valence-corrected chi connectivity index (χ4v) is 7.08. The standard InChI is InChI=1S/C27H24ClFN5O2P/c1-33(2)17-14-34(15-17)27-31-25-21(26(32-27)37(36)9-7-30-8-10-37)13-22(28)23(24(25)29)20-12-18(35)11-16-5-3-4-6-19(16)20/h3-9,11-13,17,35H,10,14-15H2,1-2H3. The Bertz CT molecular complexity index is 1680. The SMILES string of the molecule is CN(C)C1CN(c2nc(P3(=O)C=CN=CC3)c3cc(Cl)c(-c4cc(O)cc5ccccc45)c(F)c3n2)C1. The van der Waals surface area contributed by atoms with Crippen molar-refractivity contribution in [3.63, 3.8) is 0 Å². The Hall–Kier alpha value is -3.32. The van der Waals surface area contributed by atoms with E-state index in [-0.39, 0.29) is 33.4 Å². The predicted octanol–water partition coefficient (Wildman–Crippen LogP) is 5.24. The number of aliphatic imine (C=N–C) groups is 1. The summed E-state index contributed by atoms with van der Waals surface area (Å²) < 4.78 is 30.5. The van der Waals surface area contributed by atoms with Crippen molar-refractivity contribution in [1.82, 2.24) is 14.9 Å². The molecule has 0 bridgehead atoms. The van der Waals surface area contributed by atoms with Gasteiger partial charge in [0.2, 0.25) is 5.95 Å². The van der Waals surface area contributed by atoms with Crippen molar-refractivity contribution < 1.29 is 14.1 Å². The van der Waals surface area contributed by atoms with Gasteiger partial charge in [-0.3, -0.25) is 4.99 Å². The average Bonchev–Trinajstić information content (AvgIpc) is 2.83. The normalized spacial score (nSPS) is 19.8. The Balaban J connectivity index is 1.62. The van der Waals surface area contributed by atoms with Crippen molar-refractivity contribution >= 4 is 58.0 Å². The van der Waals surface area contributed by atoms with Crippen molar-refractivity contribution in [2.45, 2.75) is 6.04 Å². The number of hydrogen-bond acceptors (Lipinski definition) is 7. The molecule has 0 spiro atoms. The van der Waals surface area contributed by atoms with E-state index in [1.807, 2.05) is 43.3 Å². The van der Waals surface area contributed by atoms with E-state index in [1.165, 1.54) is 12.3 Å². The maximum Gasteiger partial charge on any atom is 0.226 e. The molecule has 4 aromatic rings. The van der Waals surface area contributed by atoms with Gasteiger partial charge in [-0.05, 0) is 54.4 Å². The molecule has 6 rings (SSSR count). The first-order chi connectivity index (χ1) is 17.7. The van der Waals surface area contributed by atoms with Gasteiger partial charge < -0.3 is 19.5 Å². The van der Waals surface area contributed by atoms with Crippen LogP contribution in [0.3, 0.4) is 0 Å². The van der Waals surface area contributed by atoms with E-state index in [2.05, 4.69) is 14.9 Å². The molecular weight excluding hydrogens is 512 g/mol. The Morgan fingerprint density at radius 3 is 2.65 bits per heavy atom. The Morgan fingerprint density at radius 2 is 1.92 bits per heavy atom. The minimum absolute atomic E-state index is 0.000275. The molecule has 1 aromatic heterocycles. The summed E-state index contributed by atoms with van der Waals surface area (Å²) in [4.78, 5) is 17.5. The third-order valence-corrected chi connectivity index (χ3v) is 9.73. The molecule has 3 heterocycles. The molecule has 0 amide bonds. The Labute approximate surface area is 218 Å². The Morgan fingerprint density at radius 1 is 1.14 bits per heavy atom. The third kappa shape index (κ3) is 4.00. The number of halogens is 2. The number of aromatic nitrogens is 2. The number of phenols is 1. The van der Waals surface area contributed by atoms with E-state index >= 15 is 4.39 Å². The van der Waals surface area contributed by atoms with Gasteiger partial charge in [-0.2, -0.15) is 0 Å². The van der Waals surface area contributed by atoms with E-state index in [1.54, 1.807) is 24.2 Å². The molecule has 1 fully saturated rings. The van der Waals surface area contributed by atoms with Gasteiger partial charge in [0.25, 0.3) is 0 Å². The number of aromatic hydroxyl groups is 1. The maximum atomic E-state index is 16.5. The lowest BCUT2D eigenvalue weighted by molar-refractivity contribution is 0.245. The highest BCUT2D eigenvalue weighted by atomic mass is 35.5. The molecule has 2 aliphatic rings. The molecule has 1 atom stereocenters. The van der Waals surface area contributed by atoms with Crippen molar-refractivity contribution in [2.75, 3.05) is 38.2 Å². The fourth-order valence-electron chi connectivity index (χ4n) is 4.89. The van der Waals surface area contributed by atoms with E-state index in [0.717, 1.165) is 10.8 Å². The summed E-state index contributed by atoms with van der Waals surface area (Å²) in [6.45, 7) is 1.36. The van der Waals surface area contributed by atoms with Crippen LogP contribution >= 0.6 is 18.7 Å². The summed E-state index contributed by atoms with van der Waals surface area (Å²) >= 11 is 6.72. The van der Waals surface area contributed by atoms with Gasteiger partial charge >= 0.3 is 0 Å². The zero-order chi connectivity index (χ0) is 25.9. The molecule has 37 heavy (non-hydrogen) atoms. The van der Waals surface area contributed by atoms with Gasteiger partial charge in [-0.15, -0.1) is 0 Å². The van der Waals surface area contributed by atoms with Crippen LogP contribution in [0.2, 0.25) is 5.02 Å². The summed E-state index contributed by atoms with van der Waals surface area (Å²) in [6.07, 6.45) is 3.27. The second-order valence-corrected chi connectivity index (χ2v) is 12.7. The molecule has 1 unspecified atom stereocenters. The van der Waals surface area contributed by atoms with Crippen LogP contribution in [-0.4, -0.2) is 65.6 Å². The van der Waals surface area contributed by atoms with E-state index < -0.39 is 13.0 Å². The first-order valence-electron chi connectivity index (χ1n) is 11.9. The maximum absolute atomic E-state index is 16.5. The lowest BCUT2D eigenvalue weighted by atomic mass is 9.96. The minimum Gasteiger partial charge on any atom is -0.508 e. The number of benzene rings is 3. The molecule has 10 heteroatoms. The van der Waals surface area contributed by atoms with Crippen LogP contribution in [0.15, 0.2) is 59.5 Å². The zero-order valence-electron chi connectivity index (χ0n) is 20.3. The molecule has 188 valence electrons. The largest absolute Gasteiger partial charge is 0.508 e. The summed E-state index contributed by atoms with van der Waals surface area (Å²) in [5.74, 6) is 1.24. The summed E-state index contributed by atoms with van der Waals surface area (Å²) in [6, 6.07) is 12.4. The molecule has 0 radical (unpaired) electrons. The quantitative estimate of drug-likeness (QED) is 0.360. The number of phenolic OH excluding ortho intramolecular Hbond substituents is 1. The van der Waals surface area contributed by atoms with Crippen molar-refractivity contribution in [2.24, 2.45) is 4.99 Å². The van der Waals surface area contributed by atoms with Gasteiger partial charge in [0.15, 0.2) is 13.0 Å². The number of likely N-dealkylation sites (N-methyl/N-ethyl adjacent to an activating group) is 1. The average molecular weight is 536 g/mol. The van der Waals surface area contributed by atoms with Crippen LogP contribution < -0.4 is 10.3 Å².